The number of methoxy groups -OCH3 is 1. The van der Waals surface area contributed by atoms with E-state index in [0.29, 0.717) is 5.76 Å². The summed E-state index contributed by atoms with van der Waals surface area (Å²) in [7, 11) is 1.61. The number of hydrogen-bond donors (Lipinski definition) is 1. The molecule has 1 aromatic heterocycles. The van der Waals surface area contributed by atoms with Crippen molar-refractivity contribution in [3.8, 4) is 17.1 Å². The minimum Gasteiger partial charge on any atom is -0.497 e. The molecule has 0 aliphatic rings. The maximum atomic E-state index is 12.5. The van der Waals surface area contributed by atoms with Crippen molar-refractivity contribution in [3.05, 3.63) is 60.3 Å². The molecule has 6 heteroatoms. The molecular formula is C19H18N2O3S. The van der Waals surface area contributed by atoms with Gasteiger partial charge in [-0.1, -0.05) is 24.2 Å². The first kappa shape index (κ1) is 17.1. The van der Waals surface area contributed by atoms with Gasteiger partial charge in [-0.25, -0.2) is 0 Å². The molecule has 128 valence electrons. The predicted molar refractivity (Wildman–Crippen MR) is 99.3 cm³/mol. The fourth-order valence-electron chi connectivity index (χ4n) is 2.31. The van der Waals surface area contributed by atoms with E-state index in [1.165, 1.54) is 0 Å². The molecule has 1 N–H and O–H groups in total. The highest BCUT2D eigenvalue weighted by Crippen LogP contribution is 2.28. The lowest BCUT2D eigenvalue weighted by atomic mass is 10.1. The second-order valence-electron chi connectivity index (χ2n) is 5.19. The van der Waals surface area contributed by atoms with E-state index in [1.807, 2.05) is 48.5 Å². The number of carbonyl (C=O) groups excluding carboxylic acids is 1. The van der Waals surface area contributed by atoms with Crippen molar-refractivity contribution in [2.45, 2.75) is 11.8 Å². The standard InChI is InChI=1S/C19H18N2O3S/c1-3-25-18-7-5-4-6-15(18)20-19(22)16-12-17(24-21-16)13-8-10-14(23-2)11-9-13/h4-12H,3H2,1-2H3,(H,20,22). The first-order valence-electron chi connectivity index (χ1n) is 7.85. The lowest BCUT2D eigenvalue weighted by Gasteiger charge is -2.08. The summed E-state index contributed by atoms with van der Waals surface area (Å²) in [5.41, 5.74) is 1.84. The Kier molecular flexibility index (Phi) is 5.40. The maximum absolute atomic E-state index is 12.5. The number of carbonyl (C=O) groups is 1. The Balaban J connectivity index is 1.76. The number of aromatic nitrogens is 1. The third kappa shape index (κ3) is 4.03. The van der Waals surface area contributed by atoms with E-state index in [1.54, 1.807) is 24.9 Å². The number of rotatable bonds is 6. The number of amides is 1. The molecule has 1 amide bonds. The zero-order valence-electron chi connectivity index (χ0n) is 14.0. The summed E-state index contributed by atoms with van der Waals surface area (Å²) in [4.78, 5) is 13.5. The van der Waals surface area contributed by atoms with Crippen LogP contribution < -0.4 is 10.1 Å². The van der Waals surface area contributed by atoms with Crippen molar-refractivity contribution in [3.63, 3.8) is 0 Å². The van der Waals surface area contributed by atoms with Gasteiger partial charge in [0.25, 0.3) is 5.91 Å². The van der Waals surface area contributed by atoms with Crippen LogP contribution in [-0.2, 0) is 0 Å². The van der Waals surface area contributed by atoms with Gasteiger partial charge >= 0.3 is 0 Å². The summed E-state index contributed by atoms with van der Waals surface area (Å²) in [5, 5.41) is 6.77. The van der Waals surface area contributed by atoms with Crippen LogP contribution in [0.1, 0.15) is 17.4 Å². The molecule has 3 rings (SSSR count). The topological polar surface area (TPSA) is 64.4 Å². The van der Waals surface area contributed by atoms with Gasteiger partial charge in [-0.15, -0.1) is 11.8 Å². The van der Waals surface area contributed by atoms with Crippen molar-refractivity contribution in [1.29, 1.82) is 0 Å². The Labute approximate surface area is 150 Å². The maximum Gasteiger partial charge on any atom is 0.277 e. The molecule has 0 fully saturated rings. The van der Waals surface area contributed by atoms with Gasteiger partial charge in [-0.3, -0.25) is 4.79 Å². The van der Waals surface area contributed by atoms with Gasteiger partial charge in [-0.2, -0.15) is 0 Å². The average Bonchev–Trinajstić information content (AvgIpc) is 3.14. The van der Waals surface area contributed by atoms with E-state index in [-0.39, 0.29) is 11.6 Å². The Hall–Kier alpha value is -2.73. The van der Waals surface area contributed by atoms with Crippen molar-refractivity contribution < 1.29 is 14.1 Å². The molecule has 0 saturated carbocycles. The molecule has 5 nitrogen and oxygen atoms in total. The Morgan fingerprint density at radius 2 is 1.96 bits per heavy atom. The number of ether oxygens (including phenoxy) is 1. The number of nitrogens with one attached hydrogen (secondary N) is 1. The highest BCUT2D eigenvalue weighted by Gasteiger charge is 2.15. The van der Waals surface area contributed by atoms with Gasteiger partial charge in [0.15, 0.2) is 11.5 Å². The first-order chi connectivity index (χ1) is 12.2. The van der Waals surface area contributed by atoms with E-state index in [0.717, 1.165) is 27.6 Å². The second-order valence-corrected chi connectivity index (χ2v) is 6.49. The van der Waals surface area contributed by atoms with Gasteiger partial charge in [0.1, 0.15) is 5.75 Å². The predicted octanol–water partition coefficient (Wildman–Crippen LogP) is 4.71. The number of thioether (sulfide) groups is 1. The largest absolute Gasteiger partial charge is 0.497 e. The molecule has 0 radical (unpaired) electrons. The van der Waals surface area contributed by atoms with Crippen LogP contribution in [0, 0.1) is 0 Å². The summed E-state index contributed by atoms with van der Waals surface area (Å²) in [6.07, 6.45) is 0. The molecule has 0 atom stereocenters. The fourth-order valence-corrected chi connectivity index (χ4v) is 3.07. The molecular weight excluding hydrogens is 336 g/mol. The Bertz CT molecular complexity index is 859. The quantitative estimate of drug-likeness (QED) is 0.649. The number of benzene rings is 2. The van der Waals surface area contributed by atoms with E-state index in [4.69, 9.17) is 9.26 Å². The van der Waals surface area contributed by atoms with Crippen molar-refractivity contribution in [2.24, 2.45) is 0 Å². The molecule has 1 heterocycles. The fraction of sp³-hybridized carbons (Fsp3) is 0.158. The highest BCUT2D eigenvalue weighted by atomic mass is 32.2. The zero-order chi connectivity index (χ0) is 17.6. The smallest absolute Gasteiger partial charge is 0.277 e. The van der Waals surface area contributed by atoms with Crippen LogP contribution >= 0.6 is 11.8 Å². The van der Waals surface area contributed by atoms with Crippen molar-refractivity contribution in [2.75, 3.05) is 18.2 Å². The molecule has 0 bridgehead atoms. The molecule has 2 aromatic carbocycles. The average molecular weight is 354 g/mol. The van der Waals surface area contributed by atoms with Crippen LogP contribution in [0.4, 0.5) is 5.69 Å². The normalized spacial score (nSPS) is 10.5. The lowest BCUT2D eigenvalue weighted by molar-refractivity contribution is 0.101. The molecule has 0 aliphatic heterocycles. The Morgan fingerprint density at radius 1 is 1.20 bits per heavy atom. The third-order valence-corrected chi connectivity index (χ3v) is 4.51. The van der Waals surface area contributed by atoms with Gasteiger partial charge < -0.3 is 14.6 Å². The number of nitrogens with zero attached hydrogens (tertiary/aromatic N) is 1. The van der Waals surface area contributed by atoms with Crippen LogP contribution in [0.15, 0.2) is 64.0 Å². The second kappa shape index (κ2) is 7.90. The van der Waals surface area contributed by atoms with Crippen LogP contribution in [0.3, 0.4) is 0 Å². The summed E-state index contributed by atoms with van der Waals surface area (Å²) in [5.74, 6) is 1.92. The van der Waals surface area contributed by atoms with Crippen LogP contribution in [-0.4, -0.2) is 23.9 Å². The molecule has 0 aliphatic carbocycles. The summed E-state index contributed by atoms with van der Waals surface area (Å²) < 4.78 is 10.4. The monoisotopic (exact) mass is 354 g/mol. The minimum atomic E-state index is -0.298. The summed E-state index contributed by atoms with van der Waals surface area (Å²) >= 11 is 1.67. The van der Waals surface area contributed by atoms with Gasteiger partial charge in [0, 0.05) is 16.5 Å². The molecule has 0 saturated heterocycles. The Morgan fingerprint density at radius 3 is 2.68 bits per heavy atom. The first-order valence-corrected chi connectivity index (χ1v) is 8.84. The summed E-state index contributed by atoms with van der Waals surface area (Å²) in [6.45, 7) is 2.07. The SMILES string of the molecule is CCSc1ccccc1NC(=O)c1cc(-c2ccc(OC)cc2)on1. The van der Waals surface area contributed by atoms with Crippen LogP contribution in [0.25, 0.3) is 11.3 Å². The van der Waals surface area contributed by atoms with Gasteiger partial charge in [0.2, 0.25) is 0 Å². The van der Waals surface area contributed by atoms with Crippen molar-refractivity contribution >= 4 is 23.4 Å². The summed E-state index contributed by atoms with van der Waals surface area (Å²) in [6, 6.07) is 16.7. The van der Waals surface area contributed by atoms with E-state index < -0.39 is 0 Å². The molecule has 0 spiro atoms. The van der Waals surface area contributed by atoms with Crippen LogP contribution in [0.5, 0.6) is 5.75 Å². The zero-order valence-corrected chi connectivity index (χ0v) is 14.8. The van der Waals surface area contributed by atoms with Gasteiger partial charge in [-0.05, 0) is 42.2 Å². The highest BCUT2D eigenvalue weighted by molar-refractivity contribution is 7.99. The number of hydrogen-bond acceptors (Lipinski definition) is 5. The van der Waals surface area contributed by atoms with E-state index >= 15 is 0 Å². The number of anilines is 1. The molecule has 3 aromatic rings. The van der Waals surface area contributed by atoms with Gasteiger partial charge in [0.05, 0.1) is 12.8 Å². The molecule has 25 heavy (non-hydrogen) atoms. The van der Waals surface area contributed by atoms with E-state index in [9.17, 15) is 4.79 Å². The van der Waals surface area contributed by atoms with Crippen LogP contribution in [0.2, 0.25) is 0 Å². The van der Waals surface area contributed by atoms with E-state index in [2.05, 4.69) is 17.4 Å². The lowest BCUT2D eigenvalue weighted by Crippen LogP contribution is -2.12. The minimum absolute atomic E-state index is 0.238. The number of para-hydroxylation sites is 1. The molecule has 0 unspecified atom stereocenters. The third-order valence-electron chi connectivity index (χ3n) is 3.55. The van der Waals surface area contributed by atoms with Crippen molar-refractivity contribution in [1.82, 2.24) is 5.16 Å².